The predicted octanol–water partition coefficient (Wildman–Crippen LogP) is 5.59. The largest absolute Gasteiger partial charge is 0.493 e. The van der Waals surface area contributed by atoms with E-state index in [0.29, 0.717) is 17.1 Å². The first kappa shape index (κ1) is 21.5. The number of carbonyl (C=O) groups is 1. The van der Waals surface area contributed by atoms with Crippen molar-refractivity contribution in [3.63, 3.8) is 0 Å². The number of carbonyl (C=O) groups excluding carboxylic acids is 1. The molecular weight excluding hydrogens is 381 g/mol. The van der Waals surface area contributed by atoms with Crippen molar-refractivity contribution in [3.8, 4) is 17.6 Å². The fourth-order valence-corrected chi connectivity index (χ4v) is 2.65. The van der Waals surface area contributed by atoms with Crippen molar-refractivity contribution < 1.29 is 18.7 Å². The minimum atomic E-state index is -0.659. The van der Waals surface area contributed by atoms with Crippen LogP contribution in [0.5, 0.6) is 11.5 Å². The number of Topliss-reactive ketones (excluding diaryl/α,β-unsaturated/α-hetero) is 1. The molecule has 2 rings (SSSR count). The van der Waals surface area contributed by atoms with E-state index in [-0.39, 0.29) is 28.5 Å². The molecule has 0 atom stereocenters. The highest BCUT2D eigenvalue weighted by Crippen LogP contribution is 2.31. The van der Waals surface area contributed by atoms with E-state index in [2.05, 4.69) is 0 Å². The van der Waals surface area contributed by atoms with Gasteiger partial charge < -0.3 is 9.47 Å². The summed E-state index contributed by atoms with van der Waals surface area (Å²) in [6.07, 6.45) is 1.51. The molecule has 4 nitrogen and oxygen atoms in total. The van der Waals surface area contributed by atoms with E-state index in [9.17, 15) is 14.4 Å². The van der Waals surface area contributed by atoms with Gasteiger partial charge in [0.2, 0.25) is 0 Å². The lowest BCUT2D eigenvalue weighted by Gasteiger charge is -2.16. The molecule has 0 amide bonds. The summed E-state index contributed by atoms with van der Waals surface area (Å²) in [5.41, 5.74) is 0.259. The highest BCUT2D eigenvalue weighted by Gasteiger charge is 2.25. The Morgan fingerprint density at radius 1 is 1.25 bits per heavy atom. The van der Waals surface area contributed by atoms with E-state index in [1.165, 1.54) is 25.3 Å². The third-order valence-electron chi connectivity index (χ3n) is 3.98. The first-order valence-electron chi connectivity index (χ1n) is 8.57. The molecule has 0 aliphatic rings. The molecule has 28 heavy (non-hydrogen) atoms. The molecule has 0 saturated heterocycles. The zero-order chi connectivity index (χ0) is 20.9. The van der Waals surface area contributed by atoms with Crippen molar-refractivity contribution in [1.82, 2.24) is 0 Å². The third-order valence-corrected chi connectivity index (χ3v) is 4.33. The van der Waals surface area contributed by atoms with Crippen molar-refractivity contribution in [2.24, 2.45) is 5.41 Å². The van der Waals surface area contributed by atoms with Crippen LogP contribution in [0.1, 0.15) is 31.9 Å². The van der Waals surface area contributed by atoms with Crippen LogP contribution in [0.3, 0.4) is 0 Å². The van der Waals surface area contributed by atoms with Crippen molar-refractivity contribution >= 4 is 23.5 Å². The number of allylic oxidation sites excluding steroid dienone is 1. The molecule has 2 aromatic carbocycles. The first-order chi connectivity index (χ1) is 13.2. The number of hydrogen-bond donors (Lipinski definition) is 0. The number of methoxy groups -OCH3 is 1. The quantitative estimate of drug-likeness (QED) is 0.467. The Hall–Kier alpha value is -2.84. The summed E-state index contributed by atoms with van der Waals surface area (Å²) in [4.78, 5) is 12.4. The number of benzene rings is 2. The maximum Gasteiger partial charge on any atom is 0.178 e. The second-order valence-corrected chi connectivity index (χ2v) is 7.56. The Kier molecular flexibility index (Phi) is 6.82. The maximum absolute atomic E-state index is 13.9. The number of halogens is 2. The number of ether oxygens (including phenoxy) is 2. The van der Waals surface area contributed by atoms with E-state index in [4.69, 9.17) is 21.1 Å². The average Bonchev–Trinajstić information content (AvgIpc) is 2.65. The van der Waals surface area contributed by atoms with Gasteiger partial charge in [-0.2, -0.15) is 5.26 Å². The molecule has 0 bridgehead atoms. The number of nitriles is 1. The van der Waals surface area contributed by atoms with Crippen molar-refractivity contribution in [2.75, 3.05) is 7.11 Å². The summed E-state index contributed by atoms with van der Waals surface area (Å²) in [6, 6.07) is 11.3. The smallest absolute Gasteiger partial charge is 0.178 e. The second kappa shape index (κ2) is 8.90. The summed E-state index contributed by atoms with van der Waals surface area (Å²) in [5.74, 6) is 0.0789. The van der Waals surface area contributed by atoms with Crippen LogP contribution >= 0.6 is 11.6 Å². The monoisotopic (exact) mass is 401 g/mol. The van der Waals surface area contributed by atoms with Gasteiger partial charge in [-0.3, -0.25) is 4.79 Å². The van der Waals surface area contributed by atoms with Gasteiger partial charge in [0.15, 0.2) is 17.3 Å². The highest BCUT2D eigenvalue weighted by atomic mass is 35.5. The fraction of sp³-hybridized carbons (Fsp3) is 0.273. The molecule has 0 aliphatic heterocycles. The van der Waals surface area contributed by atoms with E-state index >= 15 is 0 Å². The Morgan fingerprint density at radius 2 is 1.96 bits per heavy atom. The molecule has 0 heterocycles. The van der Waals surface area contributed by atoms with Crippen molar-refractivity contribution in [1.29, 1.82) is 5.26 Å². The van der Waals surface area contributed by atoms with Crippen LogP contribution < -0.4 is 9.47 Å². The minimum absolute atomic E-state index is 0.0568. The van der Waals surface area contributed by atoms with Gasteiger partial charge in [-0.1, -0.05) is 44.5 Å². The van der Waals surface area contributed by atoms with Gasteiger partial charge in [0.1, 0.15) is 18.5 Å². The molecule has 0 unspecified atom stereocenters. The Balaban J connectivity index is 2.28. The first-order valence-corrected chi connectivity index (χ1v) is 8.95. The summed E-state index contributed by atoms with van der Waals surface area (Å²) in [7, 11) is 1.47. The topological polar surface area (TPSA) is 59.3 Å². The van der Waals surface area contributed by atoms with E-state index < -0.39 is 11.2 Å². The Bertz CT molecular complexity index is 935. The van der Waals surface area contributed by atoms with Gasteiger partial charge in [0, 0.05) is 11.0 Å². The van der Waals surface area contributed by atoms with Gasteiger partial charge in [-0.25, -0.2) is 4.39 Å². The van der Waals surface area contributed by atoms with Gasteiger partial charge in [0.25, 0.3) is 0 Å². The van der Waals surface area contributed by atoms with Crippen LogP contribution in [0.15, 0.2) is 42.0 Å². The van der Waals surface area contributed by atoms with Crippen molar-refractivity contribution in [3.05, 3.63) is 63.9 Å². The average molecular weight is 402 g/mol. The molecular formula is C22H21ClFNO3. The number of nitrogens with zero attached hydrogens (tertiary/aromatic N) is 1. The van der Waals surface area contributed by atoms with Crippen LogP contribution in [0.25, 0.3) is 6.08 Å². The molecule has 6 heteroatoms. The molecule has 0 aliphatic carbocycles. The maximum atomic E-state index is 13.9. The lowest BCUT2D eigenvalue weighted by molar-refractivity contribution is -0.121. The second-order valence-electron chi connectivity index (χ2n) is 7.15. The van der Waals surface area contributed by atoms with Crippen LogP contribution in [0.2, 0.25) is 5.02 Å². The summed E-state index contributed by atoms with van der Waals surface area (Å²) >= 11 is 6.01. The number of rotatable bonds is 6. The SMILES string of the molecule is COc1cc(/C=C(\C#N)C(=O)C(C)(C)C)ccc1OCc1c(F)cccc1Cl. The molecule has 0 fully saturated rings. The zero-order valence-electron chi connectivity index (χ0n) is 16.2. The lowest BCUT2D eigenvalue weighted by atomic mass is 9.86. The molecule has 2 aromatic rings. The standard InChI is InChI=1S/C22H21ClFNO3/c1-22(2,3)21(26)15(12-25)10-14-8-9-19(20(11-14)27-4)28-13-16-17(23)6-5-7-18(16)24/h5-11H,13H2,1-4H3/b15-10+. The molecule has 0 aromatic heterocycles. The fourth-order valence-electron chi connectivity index (χ4n) is 2.43. The molecule has 146 valence electrons. The predicted molar refractivity (Wildman–Crippen MR) is 107 cm³/mol. The van der Waals surface area contributed by atoms with Gasteiger partial charge >= 0.3 is 0 Å². The van der Waals surface area contributed by atoms with Crippen LogP contribution in [-0.4, -0.2) is 12.9 Å². The number of ketones is 1. The van der Waals surface area contributed by atoms with E-state index in [1.807, 2.05) is 6.07 Å². The number of hydrogen-bond acceptors (Lipinski definition) is 4. The van der Waals surface area contributed by atoms with E-state index in [1.54, 1.807) is 45.0 Å². The molecule has 0 N–H and O–H groups in total. The van der Waals surface area contributed by atoms with Gasteiger partial charge in [0.05, 0.1) is 17.7 Å². The summed E-state index contributed by atoms with van der Waals surface area (Å²) in [6.45, 7) is 5.20. The van der Waals surface area contributed by atoms with Crippen LogP contribution in [0, 0.1) is 22.6 Å². The van der Waals surface area contributed by atoms with Crippen molar-refractivity contribution in [2.45, 2.75) is 27.4 Å². The lowest BCUT2D eigenvalue weighted by Crippen LogP contribution is -2.21. The summed E-state index contributed by atoms with van der Waals surface area (Å²) in [5, 5.41) is 9.60. The Morgan fingerprint density at radius 3 is 2.54 bits per heavy atom. The zero-order valence-corrected chi connectivity index (χ0v) is 16.9. The molecule has 0 radical (unpaired) electrons. The normalized spacial score (nSPS) is 11.7. The minimum Gasteiger partial charge on any atom is -0.493 e. The van der Waals surface area contributed by atoms with Gasteiger partial charge in [-0.05, 0) is 35.9 Å². The van der Waals surface area contributed by atoms with Gasteiger partial charge in [-0.15, -0.1) is 0 Å². The summed E-state index contributed by atoms with van der Waals surface area (Å²) < 4.78 is 24.9. The van der Waals surface area contributed by atoms with E-state index in [0.717, 1.165) is 0 Å². The third kappa shape index (κ3) is 5.11. The molecule has 0 saturated carbocycles. The van der Waals surface area contributed by atoms with Crippen LogP contribution in [0.4, 0.5) is 4.39 Å². The molecule has 0 spiro atoms. The highest BCUT2D eigenvalue weighted by molar-refractivity contribution is 6.31. The Labute approximate surface area is 169 Å². The van der Waals surface area contributed by atoms with Crippen LogP contribution in [-0.2, 0) is 11.4 Å².